The second-order valence-electron chi connectivity index (χ2n) is 5.43. The van der Waals surface area contributed by atoms with E-state index < -0.39 is 15.8 Å². The van der Waals surface area contributed by atoms with Crippen LogP contribution >= 0.6 is 12.4 Å². The second kappa shape index (κ2) is 8.08. The van der Waals surface area contributed by atoms with Crippen LogP contribution in [0.3, 0.4) is 0 Å². The topological polar surface area (TPSA) is 63.4 Å². The molecule has 0 bridgehead atoms. The van der Waals surface area contributed by atoms with Gasteiger partial charge in [0.2, 0.25) is 10.0 Å². The SMILES string of the molecule is Cc1ccc(F)cc1S(=O)(=O)N(C)CCC(N)C(C)C.Cl. The summed E-state index contributed by atoms with van der Waals surface area (Å²) in [6, 6.07) is 3.73. The zero-order chi connectivity index (χ0) is 15.5. The Kier molecular flexibility index (Phi) is 7.81. The molecular formula is C14H24ClFN2O2S. The lowest BCUT2D eigenvalue weighted by Gasteiger charge is -2.22. The molecule has 0 spiro atoms. The highest BCUT2D eigenvalue weighted by Crippen LogP contribution is 2.20. The number of nitrogens with two attached hydrogens (primary N) is 1. The van der Waals surface area contributed by atoms with Gasteiger partial charge in [-0.15, -0.1) is 12.4 Å². The zero-order valence-electron chi connectivity index (χ0n) is 12.8. The maximum absolute atomic E-state index is 13.3. The summed E-state index contributed by atoms with van der Waals surface area (Å²) in [6.45, 7) is 5.96. The van der Waals surface area contributed by atoms with E-state index in [9.17, 15) is 12.8 Å². The van der Waals surface area contributed by atoms with Crippen LogP contribution in [0.25, 0.3) is 0 Å². The van der Waals surface area contributed by atoms with Crippen LogP contribution < -0.4 is 5.73 Å². The van der Waals surface area contributed by atoms with Crippen molar-refractivity contribution in [3.63, 3.8) is 0 Å². The summed E-state index contributed by atoms with van der Waals surface area (Å²) >= 11 is 0. The first-order valence-corrected chi connectivity index (χ1v) is 8.08. The van der Waals surface area contributed by atoms with E-state index in [1.807, 2.05) is 13.8 Å². The Labute approximate surface area is 133 Å². The van der Waals surface area contributed by atoms with E-state index in [-0.39, 0.29) is 23.3 Å². The fraction of sp³-hybridized carbons (Fsp3) is 0.571. The molecule has 1 atom stereocenters. The molecule has 0 radical (unpaired) electrons. The predicted octanol–water partition coefficient (Wildman–Crippen LogP) is 2.55. The van der Waals surface area contributed by atoms with Gasteiger partial charge in [0.25, 0.3) is 0 Å². The molecule has 0 heterocycles. The van der Waals surface area contributed by atoms with Crippen molar-refractivity contribution in [2.75, 3.05) is 13.6 Å². The standard InChI is InChI=1S/C14H23FN2O2S.ClH/c1-10(2)13(16)7-8-17(4)20(18,19)14-9-12(15)6-5-11(14)3;/h5-6,9-10,13H,7-8,16H2,1-4H3;1H. The van der Waals surface area contributed by atoms with Gasteiger partial charge < -0.3 is 5.73 Å². The molecule has 1 rings (SSSR count). The largest absolute Gasteiger partial charge is 0.327 e. The van der Waals surface area contributed by atoms with E-state index in [1.165, 1.54) is 23.5 Å². The minimum absolute atomic E-state index is 0. The van der Waals surface area contributed by atoms with Crippen molar-refractivity contribution in [2.24, 2.45) is 11.7 Å². The molecule has 4 nitrogen and oxygen atoms in total. The van der Waals surface area contributed by atoms with E-state index in [1.54, 1.807) is 6.92 Å². The lowest BCUT2D eigenvalue weighted by atomic mass is 10.0. The van der Waals surface area contributed by atoms with Crippen LogP contribution in [0, 0.1) is 18.7 Å². The molecule has 0 aromatic heterocycles. The molecule has 1 aromatic rings. The summed E-state index contributed by atoms with van der Waals surface area (Å²) in [5, 5.41) is 0. The van der Waals surface area contributed by atoms with E-state index in [4.69, 9.17) is 5.73 Å². The summed E-state index contributed by atoms with van der Waals surface area (Å²) in [6.07, 6.45) is 0.571. The minimum Gasteiger partial charge on any atom is -0.327 e. The summed E-state index contributed by atoms with van der Waals surface area (Å²) < 4.78 is 39.3. The van der Waals surface area contributed by atoms with Crippen molar-refractivity contribution in [3.05, 3.63) is 29.6 Å². The molecule has 0 aliphatic carbocycles. The van der Waals surface area contributed by atoms with Gasteiger partial charge in [-0.2, -0.15) is 0 Å². The number of halogens is 2. The smallest absolute Gasteiger partial charge is 0.243 e. The monoisotopic (exact) mass is 338 g/mol. The number of sulfonamides is 1. The molecule has 0 amide bonds. The Morgan fingerprint density at radius 3 is 2.43 bits per heavy atom. The van der Waals surface area contributed by atoms with Crippen LogP contribution in [0.1, 0.15) is 25.8 Å². The van der Waals surface area contributed by atoms with Crippen molar-refractivity contribution in [1.82, 2.24) is 4.31 Å². The third-order valence-electron chi connectivity index (χ3n) is 3.47. The van der Waals surface area contributed by atoms with Crippen LogP contribution in [0.2, 0.25) is 0 Å². The third kappa shape index (κ3) is 5.21. The second-order valence-corrected chi connectivity index (χ2v) is 7.45. The summed E-state index contributed by atoms with van der Waals surface area (Å²) in [7, 11) is -2.18. The molecule has 0 saturated heterocycles. The average Bonchev–Trinajstić information content (AvgIpc) is 2.37. The quantitative estimate of drug-likeness (QED) is 0.867. The van der Waals surface area contributed by atoms with E-state index in [0.717, 1.165) is 6.07 Å². The molecule has 0 aliphatic heterocycles. The molecule has 1 unspecified atom stereocenters. The zero-order valence-corrected chi connectivity index (χ0v) is 14.5. The highest BCUT2D eigenvalue weighted by atomic mass is 35.5. The summed E-state index contributed by atoms with van der Waals surface area (Å²) in [5.74, 6) is -0.261. The van der Waals surface area contributed by atoms with Gasteiger partial charge in [-0.1, -0.05) is 19.9 Å². The Morgan fingerprint density at radius 1 is 1.33 bits per heavy atom. The van der Waals surface area contributed by atoms with Crippen molar-refractivity contribution < 1.29 is 12.8 Å². The number of benzene rings is 1. The lowest BCUT2D eigenvalue weighted by molar-refractivity contribution is 0.397. The Hall–Kier alpha value is -0.690. The predicted molar refractivity (Wildman–Crippen MR) is 85.6 cm³/mol. The van der Waals surface area contributed by atoms with Gasteiger partial charge in [0.1, 0.15) is 5.82 Å². The molecule has 1 aromatic carbocycles. The molecular weight excluding hydrogens is 315 g/mol. The molecule has 0 aliphatic rings. The van der Waals surface area contributed by atoms with Crippen LogP contribution in [-0.4, -0.2) is 32.4 Å². The molecule has 122 valence electrons. The van der Waals surface area contributed by atoms with Gasteiger partial charge in [0, 0.05) is 19.6 Å². The average molecular weight is 339 g/mol. The highest BCUT2D eigenvalue weighted by Gasteiger charge is 2.23. The van der Waals surface area contributed by atoms with E-state index in [2.05, 4.69) is 0 Å². The van der Waals surface area contributed by atoms with Crippen LogP contribution in [0.5, 0.6) is 0 Å². The van der Waals surface area contributed by atoms with Crippen LogP contribution in [0.4, 0.5) is 4.39 Å². The van der Waals surface area contributed by atoms with Gasteiger partial charge in [0.05, 0.1) is 4.90 Å². The molecule has 0 fully saturated rings. The maximum Gasteiger partial charge on any atom is 0.243 e. The Morgan fingerprint density at radius 2 is 1.90 bits per heavy atom. The number of hydrogen-bond acceptors (Lipinski definition) is 3. The van der Waals surface area contributed by atoms with Crippen molar-refractivity contribution >= 4 is 22.4 Å². The van der Waals surface area contributed by atoms with E-state index in [0.29, 0.717) is 24.4 Å². The normalized spacial score (nSPS) is 13.3. The van der Waals surface area contributed by atoms with Gasteiger partial charge in [0.15, 0.2) is 0 Å². The Bertz CT molecular complexity index is 564. The molecule has 21 heavy (non-hydrogen) atoms. The van der Waals surface area contributed by atoms with Crippen molar-refractivity contribution in [1.29, 1.82) is 0 Å². The first-order valence-electron chi connectivity index (χ1n) is 6.64. The fourth-order valence-electron chi connectivity index (χ4n) is 1.80. The number of hydrogen-bond donors (Lipinski definition) is 1. The first-order chi connectivity index (χ1) is 9.16. The number of aryl methyl sites for hydroxylation is 1. The van der Waals surface area contributed by atoms with Gasteiger partial charge in [-0.3, -0.25) is 0 Å². The molecule has 0 saturated carbocycles. The van der Waals surface area contributed by atoms with Gasteiger partial charge >= 0.3 is 0 Å². The van der Waals surface area contributed by atoms with Crippen molar-refractivity contribution in [2.45, 2.75) is 38.1 Å². The first kappa shape index (κ1) is 20.3. The number of nitrogens with zero attached hydrogens (tertiary/aromatic N) is 1. The van der Waals surface area contributed by atoms with Gasteiger partial charge in [-0.05, 0) is 37.0 Å². The van der Waals surface area contributed by atoms with Crippen LogP contribution in [-0.2, 0) is 10.0 Å². The lowest BCUT2D eigenvalue weighted by Crippen LogP contribution is -2.35. The molecule has 7 heteroatoms. The third-order valence-corrected chi connectivity index (χ3v) is 5.47. The molecule has 2 N–H and O–H groups in total. The van der Waals surface area contributed by atoms with Gasteiger partial charge in [-0.25, -0.2) is 17.1 Å². The highest BCUT2D eigenvalue weighted by molar-refractivity contribution is 7.89. The summed E-state index contributed by atoms with van der Waals surface area (Å²) in [5.41, 5.74) is 6.45. The van der Waals surface area contributed by atoms with Crippen LogP contribution in [0.15, 0.2) is 23.1 Å². The summed E-state index contributed by atoms with van der Waals surface area (Å²) in [4.78, 5) is 0.0121. The Balaban J connectivity index is 0.00000400. The van der Waals surface area contributed by atoms with Crippen molar-refractivity contribution in [3.8, 4) is 0 Å². The maximum atomic E-state index is 13.3. The fourth-order valence-corrected chi connectivity index (χ4v) is 3.22. The minimum atomic E-state index is -3.68. The van der Waals surface area contributed by atoms with E-state index >= 15 is 0 Å². The number of rotatable bonds is 6.